The molecule has 0 saturated heterocycles. The highest BCUT2D eigenvalue weighted by Crippen LogP contribution is 2.25. The molecule has 0 saturated carbocycles. The van der Waals surface area contributed by atoms with Gasteiger partial charge in [0.25, 0.3) is 0 Å². The zero-order valence-corrected chi connectivity index (χ0v) is 13.5. The van der Waals surface area contributed by atoms with Crippen LogP contribution in [0.2, 0.25) is 5.02 Å². The molecule has 0 heterocycles. The second-order valence-electron chi connectivity index (χ2n) is 4.64. The summed E-state index contributed by atoms with van der Waals surface area (Å²) in [6, 6.07) is 13.6. The fraction of sp³-hybridized carbons (Fsp3) is 0.188. The minimum Gasteiger partial charge on any atom is -0.495 e. The van der Waals surface area contributed by atoms with Gasteiger partial charge in [-0.25, -0.2) is 0 Å². The summed E-state index contributed by atoms with van der Waals surface area (Å²) >= 11 is 11.2. The van der Waals surface area contributed by atoms with Crippen molar-refractivity contribution >= 4 is 34.6 Å². The van der Waals surface area contributed by atoms with Crippen molar-refractivity contribution in [2.24, 2.45) is 0 Å². The zero-order valence-electron chi connectivity index (χ0n) is 11.9. The number of aryl methyl sites for hydroxylation is 1. The van der Waals surface area contributed by atoms with E-state index in [1.807, 2.05) is 49.4 Å². The van der Waals surface area contributed by atoms with Gasteiger partial charge in [-0.1, -0.05) is 29.8 Å². The number of benzene rings is 2. The van der Waals surface area contributed by atoms with Crippen LogP contribution in [0.15, 0.2) is 42.5 Å². The Balaban J connectivity index is 1.95. The van der Waals surface area contributed by atoms with E-state index in [-0.39, 0.29) is 0 Å². The largest absolute Gasteiger partial charge is 0.495 e. The molecule has 0 bridgehead atoms. The summed E-state index contributed by atoms with van der Waals surface area (Å²) in [7, 11) is 1.64. The van der Waals surface area contributed by atoms with Crippen LogP contribution in [-0.2, 0) is 6.54 Å². The Kier molecular flexibility index (Phi) is 5.42. The van der Waals surface area contributed by atoms with Gasteiger partial charge in [0, 0.05) is 11.6 Å². The Labute approximate surface area is 135 Å². The normalized spacial score (nSPS) is 10.0. The second kappa shape index (κ2) is 7.29. The van der Waals surface area contributed by atoms with E-state index in [2.05, 4.69) is 10.6 Å². The molecular weight excluding hydrogens is 304 g/mol. The van der Waals surface area contributed by atoms with Crippen LogP contribution in [0.25, 0.3) is 0 Å². The number of thiocarbonyl (C=S) groups is 1. The van der Waals surface area contributed by atoms with Crippen molar-refractivity contribution in [3.63, 3.8) is 0 Å². The maximum absolute atomic E-state index is 5.86. The van der Waals surface area contributed by atoms with Crippen molar-refractivity contribution in [3.05, 3.63) is 58.6 Å². The molecule has 0 fully saturated rings. The Hall–Kier alpha value is -1.78. The van der Waals surface area contributed by atoms with Gasteiger partial charge in [0.2, 0.25) is 0 Å². The van der Waals surface area contributed by atoms with E-state index >= 15 is 0 Å². The van der Waals surface area contributed by atoms with Gasteiger partial charge in [-0.05, 0) is 54.5 Å². The van der Waals surface area contributed by atoms with Gasteiger partial charge >= 0.3 is 0 Å². The highest BCUT2D eigenvalue weighted by Gasteiger charge is 2.05. The van der Waals surface area contributed by atoms with Gasteiger partial charge in [0.1, 0.15) is 5.75 Å². The Morgan fingerprint density at radius 3 is 2.57 bits per heavy atom. The van der Waals surface area contributed by atoms with E-state index in [9.17, 15) is 0 Å². The van der Waals surface area contributed by atoms with Crippen LogP contribution >= 0.6 is 23.8 Å². The Morgan fingerprint density at radius 1 is 1.19 bits per heavy atom. The molecule has 0 amide bonds. The van der Waals surface area contributed by atoms with Crippen molar-refractivity contribution in [1.82, 2.24) is 5.32 Å². The first-order valence-corrected chi connectivity index (χ1v) is 7.31. The van der Waals surface area contributed by atoms with Gasteiger partial charge in [-0.3, -0.25) is 0 Å². The molecule has 2 N–H and O–H groups in total. The molecule has 21 heavy (non-hydrogen) atoms. The number of hydrogen-bond acceptors (Lipinski definition) is 2. The number of anilines is 1. The molecule has 110 valence electrons. The number of methoxy groups -OCH3 is 1. The molecule has 2 rings (SSSR count). The number of nitrogens with one attached hydrogen (secondary N) is 2. The molecular formula is C16H17ClN2OS. The zero-order chi connectivity index (χ0) is 15.2. The summed E-state index contributed by atoms with van der Waals surface area (Å²) < 4.78 is 5.31. The molecule has 0 unspecified atom stereocenters. The van der Waals surface area contributed by atoms with Crippen LogP contribution in [0, 0.1) is 6.92 Å². The topological polar surface area (TPSA) is 33.3 Å². The van der Waals surface area contributed by atoms with Crippen molar-refractivity contribution in [2.75, 3.05) is 12.4 Å². The molecule has 2 aromatic rings. The van der Waals surface area contributed by atoms with E-state index in [4.69, 9.17) is 28.6 Å². The fourth-order valence-electron chi connectivity index (χ4n) is 1.87. The van der Waals surface area contributed by atoms with E-state index in [0.29, 0.717) is 11.7 Å². The average Bonchev–Trinajstić information content (AvgIpc) is 2.47. The lowest BCUT2D eigenvalue weighted by Gasteiger charge is -2.14. The fourth-order valence-corrected chi connectivity index (χ4v) is 2.18. The summed E-state index contributed by atoms with van der Waals surface area (Å²) in [6.07, 6.45) is 0. The average molecular weight is 321 g/mol. The van der Waals surface area contributed by atoms with Crippen LogP contribution in [-0.4, -0.2) is 12.2 Å². The summed E-state index contributed by atoms with van der Waals surface area (Å²) in [6.45, 7) is 2.66. The summed E-state index contributed by atoms with van der Waals surface area (Å²) in [5.74, 6) is 0.760. The molecule has 2 aromatic carbocycles. The number of halogens is 1. The standard InChI is InChI=1S/C16H17ClN2OS/c1-11-3-8-15(20-2)14(9-11)19-16(21)18-10-12-4-6-13(17)7-5-12/h3-9H,10H2,1-2H3,(H2,18,19,21). The number of ether oxygens (including phenoxy) is 1. The maximum atomic E-state index is 5.86. The van der Waals surface area contributed by atoms with Crippen LogP contribution in [0.3, 0.4) is 0 Å². The van der Waals surface area contributed by atoms with Crippen molar-refractivity contribution in [1.29, 1.82) is 0 Å². The molecule has 0 spiro atoms. The lowest BCUT2D eigenvalue weighted by molar-refractivity contribution is 0.417. The van der Waals surface area contributed by atoms with Gasteiger partial charge in [0.05, 0.1) is 12.8 Å². The van der Waals surface area contributed by atoms with Crippen LogP contribution in [0.1, 0.15) is 11.1 Å². The second-order valence-corrected chi connectivity index (χ2v) is 5.48. The molecule has 0 aliphatic rings. The first-order chi connectivity index (χ1) is 10.1. The van der Waals surface area contributed by atoms with E-state index in [0.717, 1.165) is 27.6 Å². The predicted molar refractivity (Wildman–Crippen MR) is 92.2 cm³/mol. The predicted octanol–water partition coefficient (Wildman–Crippen LogP) is 4.14. The van der Waals surface area contributed by atoms with Crippen LogP contribution < -0.4 is 15.4 Å². The number of hydrogen-bond donors (Lipinski definition) is 2. The molecule has 0 aromatic heterocycles. The third-order valence-corrected chi connectivity index (χ3v) is 3.47. The van der Waals surface area contributed by atoms with Crippen molar-refractivity contribution in [2.45, 2.75) is 13.5 Å². The maximum Gasteiger partial charge on any atom is 0.171 e. The van der Waals surface area contributed by atoms with Crippen LogP contribution in [0.5, 0.6) is 5.75 Å². The van der Waals surface area contributed by atoms with Gasteiger partial charge in [0.15, 0.2) is 5.11 Å². The Morgan fingerprint density at radius 2 is 1.90 bits per heavy atom. The lowest BCUT2D eigenvalue weighted by atomic mass is 10.2. The highest BCUT2D eigenvalue weighted by molar-refractivity contribution is 7.80. The quantitative estimate of drug-likeness (QED) is 0.829. The van der Waals surface area contributed by atoms with Crippen molar-refractivity contribution in [3.8, 4) is 5.75 Å². The lowest BCUT2D eigenvalue weighted by Crippen LogP contribution is -2.28. The minimum atomic E-state index is 0.550. The third kappa shape index (κ3) is 4.62. The molecule has 3 nitrogen and oxygen atoms in total. The van der Waals surface area contributed by atoms with Crippen molar-refractivity contribution < 1.29 is 4.74 Å². The smallest absolute Gasteiger partial charge is 0.171 e. The first-order valence-electron chi connectivity index (χ1n) is 6.52. The molecule has 0 aliphatic heterocycles. The van der Waals surface area contributed by atoms with Crippen LogP contribution in [0.4, 0.5) is 5.69 Å². The third-order valence-electron chi connectivity index (χ3n) is 2.97. The van der Waals surface area contributed by atoms with E-state index in [1.54, 1.807) is 7.11 Å². The minimum absolute atomic E-state index is 0.550. The SMILES string of the molecule is COc1ccc(C)cc1NC(=S)NCc1ccc(Cl)cc1. The molecule has 0 atom stereocenters. The van der Waals surface area contributed by atoms with E-state index in [1.165, 1.54) is 0 Å². The molecule has 0 radical (unpaired) electrons. The molecule has 5 heteroatoms. The first kappa shape index (κ1) is 15.6. The summed E-state index contributed by atoms with van der Waals surface area (Å²) in [4.78, 5) is 0. The van der Waals surface area contributed by atoms with E-state index < -0.39 is 0 Å². The number of rotatable bonds is 4. The Bertz CT molecular complexity index is 629. The monoisotopic (exact) mass is 320 g/mol. The summed E-state index contributed by atoms with van der Waals surface area (Å²) in [5, 5.41) is 7.59. The molecule has 0 aliphatic carbocycles. The highest BCUT2D eigenvalue weighted by atomic mass is 35.5. The summed E-state index contributed by atoms with van der Waals surface area (Å²) in [5.41, 5.74) is 3.10. The van der Waals surface area contributed by atoms with Gasteiger partial charge in [-0.2, -0.15) is 0 Å². The van der Waals surface area contributed by atoms with Gasteiger partial charge < -0.3 is 15.4 Å². The van der Waals surface area contributed by atoms with Gasteiger partial charge in [-0.15, -0.1) is 0 Å².